The molecule has 0 aromatic heterocycles. The van der Waals surface area contributed by atoms with Crippen LogP contribution < -0.4 is 0 Å². The summed E-state index contributed by atoms with van der Waals surface area (Å²) in [7, 11) is 0. The second-order valence-electron chi connectivity index (χ2n) is 2.96. The van der Waals surface area contributed by atoms with Crippen LogP contribution in [0.4, 0.5) is 0 Å². The number of benzene rings is 1. The van der Waals surface area contributed by atoms with Crippen molar-refractivity contribution in [1.82, 2.24) is 0 Å². The Morgan fingerprint density at radius 1 is 1.50 bits per heavy atom. The van der Waals surface area contributed by atoms with E-state index < -0.39 is 11.9 Å². The quantitative estimate of drug-likeness (QED) is 0.755. The molecule has 0 bridgehead atoms. The fourth-order valence-corrected chi connectivity index (χ4v) is 2.00. The third-order valence-corrected chi connectivity index (χ3v) is 2.92. The number of phenols is 1. The van der Waals surface area contributed by atoms with Gasteiger partial charge in [-0.25, -0.2) is 0 Å². The van der Waals surface area contributed by atoms with Crippen LogP contribution in [0.5, 0.6) is 5.75 Å². The molecule has 0 saturated carbocycles. The number of rotatable bonds is 3. The first-order chi connectivity index (χ1) is 6.57. The van der Waals surface area contributed by atoms with Crippen LogP contribution in [-0.4, -0.2) is 22.4 Å². The number of carboxylic acids is 1. The van der Waals surface area contributed by atoms with Crippen molar-refractivity contribution in [3.8, 4) is 5.75 Å². The highest BCUT2D eigenvalue weighted by atomic mass is 32.2. The van der Waals surface area contributed by atoms with Crippen LogP contribution in [-0.2, 0) is 4.79 Å². The number of phenolic OH excluding ortho intramolecular Hbond substituents is 1. The van der Waals surface area contributed by atoms with Gasteiger partial charge < -0.3 is 10.2 Å². The number of carbonyl (C=O) groups is 1. The van der Waals surface area contributed by atoms with E-state index in [0.717, 1.165) is 0 Å². The summed E-state index contributed by atoms with van der Waals surface area (Å²) in [6.07, 6.45) is 1.81. The lowest BCUT2D eigenvalue weighted by Gasteiger charge is -2.12. The minimum atomic E-state index is -0.883. The largest absolute Gasteiger partial charge is 0.507 e. The van der Waals surface area contributed by atoms with E-state index in [1.807, 2.05) is 6.26 Å². The first-order valence-electron chi connectivity index (χ1n) is 4.16. The fourth-order valence-electron chi connectivity index (χ4n) is 1.24. The van der Waals surface area contributed by atoms with Gasteiger partial charge in [-0.1, -0.05) is 12.1 Å². The molecule has 1 aromatic rings. The molecule has 0 spiro atoms. The average Bonchev–Trinajstić information content (AvgIpc) is 2.16. The first kappa shape index (κ1) is 10.9. The smallest absolute Gasteiger partial charge is 0.310 e. The zero-order valence-corrected chi connectivity index (χ0v) is 8.84. The van der Waals surface area contributed by atoms with Crippen LogP contribution in [0.1, 0.15) is 18.4 Å². The molecule has 0 heterocycles. The molecule has 2 N–H and O–H groups in total. The Bertz CT molecular complexity index is 349. The molecular formula is C10H12O3S. The molecule has 1 atom stereocenters. The molecule has 0 saturated heterocycles. The molecule has 0 aliphatic heterocycles. The minimum Gasteiger partial charge on any atom is -0.507 e. The Morgan fingerprint density at radius 2 is 2.14 bits per heavy atom. The maximum Gasteiger partial charge on any atom is 0.310 e. The number of carboxylic acid groups (broad SMARTS) is 1. The Morgan fingerprint density at radius 3 is 2.64 bits per heavy atom. The zero-order chi connectivity index (χ0) is 10.7. The van der Waals surface area contributed by atoms with Gasteiger partial charge >= 0.3 is 5.97 Å². The number of hydrogen-bond acceptors (Lipinski definition) is 3. The van der Waals surface area contributed by atoms with Gasteiger partial charge in [-0.2, -0.15) is 0 Å². The van der Waals surface area contributed by atoms with Gasteiger partial charge in [0.25, 0.3) is 0 Å². The fraction of sp³-hybridized carbons (Fsp3) is 0.300. The first-order valence-corrected chi connectivity index (χ1v) is 5.39. The van der Waals surface area contributed by atoms with E-state index in [2.05, 4.69) is 0 Å². The van der Waals surface area contributed by atoms with Crippen LogP contribution in [0.3, 0.4) is 0 Å². The van der Waals surface area contributed by atoms with Crippen molar-refractivity contribution in [2.45, 2.75) is 17.7 Å². The maximum absolute atomic E-state index is 10.8. The van der Waals surface area contributed by atoms with Gasteiger partial charge in [0.2, 0.25) is 0 Å². The Balaban J connectivity index is 3.20. The van der Waals surface area contributed by atoms with Gasteiger partial charge in [0.05, 0.1) is 10.8 Å². The topological polar surface area (TPSA) is 57.5 Å². The summed E-state index contributed by atoms with van der Waals surface area (Å²) in [6, 6.07) is 4.94. The number of hydrogen-bond donors (Lipinski definition) is 2. The molecule has 0 radical (unpaired) electrons. The summed E-state index contributed by atoms with van der Waals surface area (Å²) in [5, 5.41) is 18.4. The second kappa shape index (κ2) is 4.37. The monoisotopic (exact) mass is 212 g/mol. The van der Waals surface area contributed by atoms with Crippen LogP contribution in [0.2, 0.25) is 0 Å². The third-order valence-electron chi connectivity index (χ3n) is 2.07. The van der Waals surface area contributed by atoms with Crippen LogP contribution in [0, 0.1) is 0 Å². The van der Waals surface area contributed by atoms with Gasteiger partial charge in [-0.3, -0.25) is 4.79 Å². The lowest BCUT2D eigenvalue weighted by molar-refractivity contribution is -0.138. The molecule has 0 aliphatic carbocycles. The van der Waals surface area contributed by atoms with E-state index in [1.165, 1.54) is 11.8 Å². The molecule has 0 fully saturated rings. The summed E-state index contributed by atoms with van der Waals surface area (Å²) in [6.45, 7) is 1.61. The predicted octanol–water partition coefficient (Wildman–Crippen LogP) is 2.30. The number of aromatic hydroxyl groups is 1. The van der Waals surface area contributed by atoms with Gasteiger partial charge in [0.15, 0.2) is 0 Å². The molecule has 1 unspecified atom stereocenters. The van der Waals surface area contributed by atoms with Crippen molar-refractivity contribution in [2.75, 3.05) is 6.26 Å². The maximum atomic E-state index is 10.8. The summed E-state index contributed by atoms with van der Waals surface area (Å²) in [4.78, 5) is 11.4. The van der Waals surface area contributed by atoms with Gasteiger partial charge in [-0.05, 0) is 24.8 Å². The highest BCUT2D eigenvalue weighted by Crippen LogP contribution is 2.34. The summed E-state index contributed by atoms with van der Waals surface area (Å²) in [5.74, 6) is -1.33. The SMILES string of the molecule is CSc1c(O)cccc1C(C)C(=O)O. The zero-order valence-electron chi connectivity index (χ0n) is 8.02. The highest BCUT2D eigenvalue weighted by Gasteiger charge is 2.18. The van der Waals surface area contributed by atoms with Crippen LogP contribution in [0.15, 0.2) is 23.1 Å². The van der Waals surface area contributed by atoms with Gasteiger partial charge in [0, 0.05) is 0 Å². The van der Waals surface area contributed by atoms with Crippen LogP contribution in [0.25, 0.3) is 0 Å². The molecule has 1 rings (SSSR count). The van der Waals surface area contributed by atoms with Gasteiger partial charge in [-0.15, -0.1) is 11.8 Å². The minimum absolute atomic E-state index is 0.142. The number of thioether (sulfide) groups is 1. The molecule has 1 aromatic carbocycles. The second-order valence-corrected chi connectivity index (χ2v) is 3.78. The van der Waals surface area contributed by atoms with E-state index in [-0.39, 0.29) is 5.75 Å². The summed E-state index contributed by atoms with van der Waals surface area (Å²) < 4.78 is 0. The van der Waals surface area contributed by atoms with E-state index in [0.29, 0.717) is 10.5 Å². The summed E-state index contributed by atoms with van der Waals surface area (Å²) in [5.41, 5.74) is 0.657. The molecule has 76 valence electrons. The van der Waals surface area contributed by atoms with Crippen molar-refractivity contribution in [3.05, 3.63) is 23.8 Å². The third kappa shape index (κ3) is 2.01. The molecular weight excluding hydrogens is 200 g/mol. The van der Waals surface area contributed by atoms with Crippen molar-refractivity contribution in [3.63, 3.8) is 0 Å². The van der Waals surface area contributed by atoms with Crippen molar-refractivity contribution in [1.29, 1.82) is 0 Å². The van der Waals surface area contributed by atoms with E-state index >= 15 is 0 Å². The normalized spacial score (nSPS) is 12.4. The van der Waals surface area contributed by atoms with Gasteiger partial charge in [0.1, 0.15) is 5.75 Å². The molecule has 3 nitrogen and oxygen atoms in total. The summed E-state index contributed by atoms with van der Waals surface area (Å²) >= 11 is 1.35. The Labute approximate surface area is 86.8 Å². The Kier molecular flexibility index (Phi) is 3.41. The van der Waals surface area contributed by atoms with Crippen LogP contribution >= 0.6 is 11.8 Å². The Hall–Kier alpha value is -1.16. The predicted molar refractivity (Wildman–Crippen MR) is 55.9 cm³/mol. The highest BCUT2D eigenvalue weighted by molar-refractivity contribution is 7.98. The van der Waals surface area contributed by atoms with E-state index in [4.69, 9.17) is 5.11 Å². The molecule has 0 aliphatic rings. The van der Waals surface area contributed by atoms with Crippen molar-refractivity contribution < 1.29 is 15.0 Å². The standard InChI is InChI=1S/C10H12O3S/c1-6(10(12)13)7-4-3-5-8(11)9(7)14-2/h3-6,11H,1-2H3,(H,12,13). The lowest BCUT2D eigenvalue weighted by atomic mass is 10.0. The van der Waals surface area contributed by atoms with E-state index in [9.17, 15) is 9.90 Å². The molecule has 14 heavy (non-hydrogen) atoms. The number of aliphatic carboxylic acids is 1. The molecule has 0 amide bonds. The van der Waals surface area contributed by atoms with E-state index in [1.54, 1.807) is 25.1 Å². The average molecular weight is 212 g/mol. The van der Waals surface area contributed by atoms with Crippen molar-refractivity contribution in [2.24, 2.45) is 0 Å². The lowest BCUT2D eigenvalue weighted by Crippen LogP contribution is -2.08. The molecule has 4 heteroatoms. The van der Waals surface area contributed by atoms with Crippen molar-refractivity contribution >= 4 is 17.7 Å².